The van der Waals surface area contributed by atoms with Crippen LogP contribution in [0.25, 0.3) is 0 Å². The van der Waals surface area contributed by atoms with Crippen LogP contribution in [0.15, 0.2) is 40.3 Å². The summed E-state index contributed by atoms with van der Waals surface area (Å²) in [5, 5.41) is 1.06. The molecule has 0 unspecified atom stereocenters. The number of hydrogen-bond donors (Lipinski definition) is 0. The molecule has 1 aliphatic heterocycles. The number of carbonyl (C=O) groups excluding carboxylic acids is 1. The Hall–Kier alpha value is -1.22. The Morgan fingerprint density at radius 1 is 1.35 bits per heavy atom. The summed E-state index contributed by atoms with van der Waals surface area (Å²) in [5.41, 5.74) is 1.22. The number of rotatable bonds is 4. The van der Waals surface area contributed by atoms with E-state index in [1.807, 2.05) is 19.1 Å². The van der Waals surface area contributed by atoms with E-state index < -0.39 is 0 Å². The van der Waals surface area contributed by atoms with Gasteiger partial charge in [0.1, 0.15) is 0 Å². The monoisotopic (exact) mass is 247 g/mol. The fourth-order valence-electron chi connectivity index (χ4n) is 1.94. The van der Waals surface area contributed by atoms with Crippen LogP contribution in [0.5, 0.6) is 0 Å². The molecule has 17 heavy (non-hydrogen) atoms. The molecule has 3 heteroatoms. The lowest BCUT2D eigenvalue weighted by atomic mass is 10.2. The van der Waals surface area contributed by atoms with E-state index in [-0.39, 0.29) is 5.78 Å². The van der Waals surface area contributed by atoms with Crippen LogP contribution in [0.3, 0.4) is 0 Å². The number of benzene rings is 1. The van der Waals surface area contributed by atoms with Crippen LogP contribution in [0.1, 0.15) is 26.7 Å². The van der Waals surface area contributed by atoms with Crippen molar-refractivity contribution in [3.05, 3.63) is 35.4 Å². The third-order valence-electron chi connectivity index (χ3n) is 2.73. The maximum atomic E-state index is 11.7. The standard InChI is InChI=1S/C14H17NOS/c1-3-7-11(16)10-14-15(4-2)12-8-5-6-9-13(12)17-14/h5-6,8-10H,3-4,7H2,1-2H3/b14-10-. The summed E-state index contributed by atoms with van der Waals surface area (Å²) in [6, 6.07) is 8.29. The predicted octanol–water partition coefficient (Wildman–Crippen LogP) is 3.83. The summed E-state index contributed by atoms with van der Waals surface area (Å²) in [6.07, 6.45) is 3.34. The molecule has 0 saturated carbocycles. The average Bonchev–Trinajstić information content (AvgIpc) is 2.66. The number of thioether (sulfide) groups is 1. The number of anilines is 1. The highest BCUT2D eigenvalue weighted by Crippen LogP contribution is 2.45. The number of nitrogens with zero attached hydrogens (tertiary/aromatic N) is 1. The minimum atomic E-state index is 0.223. The van der Waals surface area contributed by atoms with Gasteiger partial charge in [0.25, 0.3) is 0 Å². The minimum Gasteiger partial charge on any atom is -0.335 e. The molecule has 0 aromatic heterocycles. The highest BCUT2D eigenvalue weighted by molar-refractivity contribution is 8.03. The fourth-order valence-corrected chi connectivity index (χ4v) is 3.13. The quantitative estimate of drug-likeness (QED) is 0.754. The van der Waals surface area contributed by atoms with E-state index in [0.717, 1.165) is 18.0 Å². The second-order valence-corrected chi connectivity index (χ2v) is 5.08. The molecular weight excluding hydrogens is 230 g/mol. The Bertz CT molecular complexity index is 453. The zero-order chi connectivity index (χ0) is 12.3. The molecule has 1 aromatic carbocycles. The van der Waals surface area contributed by atoms with E-state index in [1.165, 1.54) is 10.6 Å². The van der Waals surface area contributed by atoms with E-state index in [2.05, 4.69) is 24.0 Å². The smallest absolute Gasteiger partial charge is 0.158 e. The predicted molar refractivity (Wildman–Crippen MR) is 73.3 cm³/mol. The summed E-state index contributed by atoms with van der Waals surface area (Å²) < 4.78 is 0. The topological polar surface area (TPSA) is 20.3 Å². The molecule has 0 bridgehead atoms. The van der Waals surface area contributed by atoms with Crippen LogP contribution in [-0.4, -0.2) is 12.3 Å². The van der Waals surface area contributed by atoms with E-state index in [0.29, 0.717) is 6.42 Å². The third kappa shape index (κ3) is 2.55. The Morgan fingerprint density at radius 2 is 2.12 bits per heavy atom. The maximum absolute atomic E-state index is 11.7. The lowest BCUT2D eigenvalue weighted by Crippen LogP contribution is -2.17. The van der Waals surface area contributed by atoms with Gasteiger partial charge in [-0.25, -0.2) is 0 Å². The molecule has 0 atom stereocenters. The van der Waals surface area contributed by atoms with Gasteiger partial charge in [0.15, 0.2) is 5.78 Å². The van der Waals surface area contributed by atoms with Gasteiger partial charge in [-0.2, -0.15) is 0 Å². The number of ketones is 1. The molecule has 90 valence electrons. The number of carbonyl (C=O) groups is 1. The molecule has 2 nitrogen and oxygen atoms in total. The van der Waals surface area contributed by atoms with Gasteiger partial charge in [0.05, 0.1) is 10.7 Å². The highest BCUT2D eigenvalue weighted by atomic mass is 32.2. The molecule has 1 heterocycles. The Morgan fingerprint density at radius 3 is 2.82 bits per heavy atom. The van der Waals surface area contributed by atoms with Gasteiger partial charge in [-0.3, -0.25) is 4.79 Å². The van der Waals surface area contributed by atoms with Crippen molar-refractivity contribution in [3.63, 3.8) is 0 Å². The first-order valence-corrected chi connectivity index (χ1v) is 6.86. The zero-order valence-corrected chi connectivity index (χ0v) is 11.1. The lowest BCUT2D eigenvalue weighted by molar-refractivity contribution is -0.114. The first-order chi connectivity index (χ1) is 8.26. The fraction of sp³-hybridized carbons (Fsp3) is 0.357. The van der Waals surface area contributed by atoms with Crippen LogP contribution >= 0.6 is 11.8 Å². The van der Waals surface area contributed by atoms with Crippen molar-refractivity contribution >= 4 is 23.2 Å². The summed E-state index contributed by atoms with van der Waals surface area (Å²) in [5.74, 6) is 0.223. The largest absolute Gasteiger partial charge is 0.335 e. The van der Waals surface area contributed by atoms with Crippen molar-refractivity contribution in [1.82, 2.24) is 0 Å². The Kier molecular flexibility index (Phi) is 3.89. The van der Waals surface area contributed by atoms with Gasteiger partial charge in [-0.05, 0) is 25.5 Å². The Labute approximate surface area is 107 Å². The summed E-state index contributed by atoms with van der Waals surface area (Å²) in [4.78, 5) is 15.1. The molecular formula is C14H17NOS. The second-order valence-electron chi connectivity index (χ2n) is 4.01. The molecule has 0 aliphatic carbocycles. The number of fused-ring (bicyclic) bond motifs is 1. The van der Waals surface area contributed by atoms with Crippen molar-refractivity contribution in [2.24, 2.45) is 0 Å². The summed E-state index contributed by atoms with van der Waals surface area (Å²) in [7, 11) is 0. The van der Waals surface area contributed by atoms with E-state index in [9.17, 15) is 4.79 Å². The lowest BCUT2D eigenvalue weighted by Gasteiger charge is -2.17. The van der Waals surface area contributed by atoms with Crippen molar-refractivity contribution < 1.29 is 4.79 Å². The Balaban J connectivity index is 2.26. The van der Waals surface area contributed by atoms with Gasteiger partial charge in [0, 0.05) is 23.9 Å². The SMILES string of the molecule is CCCC(=O)/C=C1\Sc2ccccc2N1CC. The molecule has 1 aliphatic rings. The van der Waals surface area contributed by atoms with Crippen molar-refractivity contribution in [3.8, 4) is 0 Å². The van der Waals surface area contributed by atoms with Crippen molar-refractivity contribution in [2.75, 3.05) is 11.4 Å². The molecule has 0 fully saturated rings. The molecule has 1 aromatic rings. The first-order valence-electron chi connectivity index (χ1n) is 6.05. The van der Waals surface area contributed by atoms with Crippen molar-refractivity contribution in [1.29, 1.82) is 0 Å². The van der Waals surface area contributed by atoms with Gasteiger partial charge in [0.2, 0.25) is 0 Å². The van der Waals surface area contributed by atoms with Crippen molar-refractivity contribution in [2.45, 2.75) is 31.6 Å². The van der Waals surface area contributed by atoms with E-state index in [1.54, 1.807) is 17.8 Å². The second kappa shape index (κ2) is 5.41. The normalized spacial score (nSPS) is 16.4. The van der Waals surface area contributed by atoms with E-state index in [4.69, 9.17) is 0 Å². The summed E-state index contributed by atoms with van der Waals surface area (Å²) >= 11 is 1.69. The van der Waals surface area contributed by atoms with Gasteiger partial charge >= 0.3 is 0 Å². The third-order valence-corrected chi connectivity index (χ3v) is 3.85. The molecule has 0 amide bonds. The van der Waals surface area contributed by atoms with Crippen LogP contribution in [0.2, 0.25) is 0 Å². The van der Waals surface area contributed by atoms with E-state index >= 15 is 0 Å². The minimum absolute atomic E-state index is 0.223. The first kappa shape index (κ1) is 12.2. The van der Waals surface area contributed by atoms with Gasteiger partial charge in [-0.15, -0.1) is 0 Å². The van der Waals surface area contributed by atoms with Crippen LogP contribution in [0, 0.1) is 0 Å². The van der Waals surface area contributed by atoms with Gasteiger partial charge in [-0.1, -0.05) is 30.8 Å². The average molecular weight is 247 g/mol. The molecule has 0 radical (unpaired) electrons. The van der Waals surface area contributed by atoms with Crippen LogP contribution in [-0.2, 0) is 4.79 Å². The maximum Gasteiger partial charge on any atom is 0.158 e. The number of para-hydroxylation sites is 1. The highest BCUT2D eigenvalue weighted by Gasteiger charge is 2.23. The number of allylic oxidation sites excluding steroid dienone is 1. The molecule has 2 rings (SSSR count). The zero-order valence-electron chi connectivity index (χ0n) is 10.3. The van der Waals surface area contributed by atoms with Crippen LogP contribution in [0.4, 0.5) is 5.69 Å². The summed E-state index contributed by atoms with van der Waals surface area (Å²) in [6.45, 7) is 5.04. The van der Waals surface area contributed by atoms with Crippen LogP contribution < -0.4 is 4.90 Å². The molecule has 0 saturated heterocycles. The van der Waals surface area contributed by atoms with Gasteiger partial charge < -0.3 is 4.90 Å². The molecule has 0 spiro atoms. The number of hydrogen-bond acceptors (Lipinski definition) is 3. The molecule has 0 N–H and O–H groups in total.